The summed E-state index contributed by atoms with van der Waals surface area (Å²) in [6, 6.07) is 2.27. The van der Waals surface area contributed by atoms with Gasteiger partial charge in [0.25, 0.3) is 0 Å². The number of nitrogens with zero attached hydrogens (tertiary/aromatic N) is 3. The van der Waals surface area contributed by atoms with Gasteiger partial charge in [-0.25, -0.2) is 9.50 Å². The van der Waals surface area contributed by atoms with Gasteiger partial charge in [0.1, 0.15) is 0 Å². The molecule has 3 rings (SSSR count). The van der Waals surface area contributed by atoms with Crippen LogP contribution in [0.5, 0.6) is 0 Å². The van der Waals surface area contributed by atoms with Gasteiger partial charge in [0.2, 0.25) is 5.95 Å². The van der Waals surface area contributed by atoms with Gasteiger partial charge in [-0.15, -0.1) is 5.10 Å². The zero-order chi connectivity index (χ0) is 17.3. The van der Waals surface area contributed by atoms with Gasteiger partial charge in [-0.3, -0.25) is 0 Å². The van der Waals surface area contributed by atoms with Crippen LogP contribution in [0.3, 0.4) is 0 Å². The van der Waals surface area contributed by atoms with Gasteiger partial charge in [-0.1, -0.05) is 0 Å². The van der Waals surface area contributed by atoms with Crippen molar-refractivity contribution in [1.29, 1.82) is 0 Å². The first kappa shape index (κ1) is 17.6. The molecule has 0 bridgehead atoms. The van der Waals surface area contributed by atoms with E-state index < -0.39 is 5.60 Å². The molecule has 0 radical (unpaired) electrons. The monoisotopic (exact) mass is 396 g/mol. The van der Waals surface area contributed by atoms with Gasteiger partial charge < -0.3 is 15.2 Å². The highest BCUT2D eigenvalue weighted by Gasteiger charge is 2.31. The van der Waals surface area contributed by atoms with E-state index in [1.807, 2.05) is 24.6 Å². The summed E-state index contributed by atoms with van der Waals surface area (Å²) in [5, 5.41) is 18.1. The fourth-order valence-electron chi connectivity index (χ4n) is 3.38. The minimum Gasteiger partial charge on any atom is -0.390 e. The Kier molecular flexibility index (Phi) is 5.13. The highest BCUT2D eigenvalue weighted by atomic mass is 79.9. The Morgan fingerprint density at radius 3 is 2.88 bits per heavy atom. The highest BCUT2D eigenvalue weighted by Crippen LogP contribution is 2.39. The molecule has 1 fully saturated rings. The molecule has 1 atom stereocenters. The van der Waals surface area contributed by atoms with Crippen LogP contribution >= 0.6 is 15.9 Å². The quantitative estimate of drug-likeness (QED) is 0.810. The third kappa shape index (κ3) is 3.73. The summed E-state index contributed by atoms with van der Waals surface area (Å²) in [6.07, 6.45) is 5.42. The molecule has 0 amide bonds. The minimum absolute atomic E-state index is 0.139. The van der Waals surface area contributed by atoms with Crippen molar-refractivity contribution in [2.75, 3.05) is 19.0 Å². The van der Waals surface area contributed by atoms with Crippen LogP contribution in [-0.2, 0) is 4.74 Å². The molecule has 0 aromatic carbocycles. The van der Waals surface area contributed by atoms with Crippen LogP contribution in [0, 0.1) is 0 Å². The smallest absolute Gasteiger partial charge is 0.241 e. The highest BCUT2D eigenvalue weighted by molar-refractivity contribution is 9.10. The Morgan fingerprint density at radius 2 is 2.21 bits per heavy atom. The Bertz CT molecular complexity index is 706. The van der Waals surface area contributed by atoms with E-state index >= 15 is 0 Å². The molecule has 2 aromatic heterocycles. The number of nitrogens with one attached hydrogen (secondary N) is 1. The molecule has 2 heterocycles. The maximum atomic E-state index is 10.2. The summed E-state index contributed by atoms with van der Waals surface area (Å²) in [5.41, 5.74) is 1.61. The number of aromatic nitrogens is 3. The topological polar surface area (TPSA) is 71.7 Å². The number of methoxy groups -OCH3 is 1. The zero-order valence-electron chi connectivity index (χ0n) is 14.4. The number of halogens is 1. The van der Waals surface area contributed by atoms with E-state index in [0.29, 0.717) is 18.5 Å². The van der Waals surface area contributed by atoms with Gasteiger partial charge in [0.15, 0.2) is 0 Å². The summed E-state index contributed by atoms with van der Waals surface area (Å²) in [4.78, 5) is 4.40. The van der Waals surface area contributed by atoms with Crippen molar-refractivity contribution in [3.8, 4) is 0 Å². The van der Waals surface area contributed by atoms with Crippen LogP contribution in [0.1, 0.15) is 51.1 Å². The number of rotatable bonds is 5. The second kappa shape index (κ2) is 6.98. The van der Waals surface area contributed by atoms with Gasteiger partial charge in [-0.2, -0.15) is 0 Å². The van der Waals surface area contributed by atoms with Crippen LogP contribution in [0.2, 0.25) is 0 Å². The van der Waals surface area contributed by atoms with E-state index in [2.05, 4.69) is 37.4 Å². The molecule has 0 spiro atoms. The number of ether oxygens (including phenoxy) is 1. The normalized spacial score (nSPS) is 25.8. The molecule has 132 valence electrons. The van der Waals surface area contributed by atoms with Crippen LogP contribution in [0.15, 0.2) is 16.7 Å². The largest absolute Gasteiger partial charge is 0.390 e. The summed E-state index contributed by atoms with van der Waals surface area (Å²) in [7, 11) is 1.68. The fourth-order valence-corrected chi connectivity index (χ4v) is 3.89. The Labute approximate surface area is 150 Å². The SMILES string of the molecule is COC[C@H](C)Nc1ncc2c(Br)cc([C@H]3CC[C@](C)(O)CC3)n2n1. The van der Waals surface area contributed by atoms with E-state index in [4.69, 9.17) is 4.74 Å². The molecule has 2 aromatic rings. The predicted molar refractivity (Wildman–Crippen MR) is 97.5 cm³/mol. The lowest BCUT2D eigenvalue weighted by atomic mass is 9.79. The van der Waals surface area contributed by atoms with Crippen molar-refractivity contribution in [3.63, 3.8) is 0 Å². The summed E-state index contributed by atoms with van der Waals surface area (Å²) in [6.45, 7) is 4.56. The lowest BCUT2D eigenvalue weighted by molar-refractivity contribution is 0.0167. The van der Waals surface area contributed by atoms with E-state index in [1.165, 1.54) is 5.69 Å². The number of hydrogen-bond acceptors (Lipinski definition) is 5. The maximum absolute atomic E-state index is 10.2. The Balaban J connectivity index is 1.88. The van der Waals surface area contributed by atoms with Gasteiger partial charge in [-0.05, 0) is 61.5 Å². The van der Waals surface area contributed by atoms with Crippen molar-refractivity contribution >= 4 is 27.4 Å². The van der Waals surface area contributed by atoms with Gasteiger partial charge in [0.05, 0.1) is 23.9 Å². The van der Waals surface area contributed by atoms with Crippen molar-refractivity contribution < 1.29 is 9.84 Å². The molecule has 2 N–H and O–H groups in total. The zero-order valence-corrected chi connectivity index (χ0v) is 16.0. The molecule has 24 heavy (non-hydrogen) atoms. The minimum atomic E-state index is -0.530. The molecule has 0 aliphatic heterocycles. The molecule has 1 aliphatic carbocycles. The second-order valence-electron chi connectivity index (χ2n) is 7.07. The lowest BCUT2D eigenvalue weighted by Crippen LogP contribution is -2.30. The van der Waals surface area contributed by atoms with Crippen molar-refractivity contribution in [2.24, 2.45) is 0 Å². The summed E-state index contributed by atoms with van der Waals surface area (Å²) < 4.78 is 8.13. The van der Waals surface area contributed by atoms with Crippen molar-refractivity contribution in [1.82, 2.24) is 14.6 Å². The molecule has 1 saturated carbocycles. The summed E-state index contributed by atoms with van der Waals surface area (Å²) >= 11 is 3.62. The van der Waals surface area contributed by atoms with Crippen molar-refractivity contribution in [2.45, 2.75) is 57.1 Å². The van der Waals surface area contributed by atoms with E-state index in [0.717, 1.165) is 35.7 Å². The first-order valence-corrected chi connectivity index (χ1v) is 9.21. The van der Waals surface area contributed by atoms with Crippen LogP contribution in [-0.4, -0.2) is 45.1 Å². The molecule has 6 nitrogen and oxygen atoms in total. The number of fused-ring (bicyclic) bond motifs is 1. The van der Waals surface area contributed by atoms with Crippen LogP contribution in [0.4, 0.5) is 5.95 Å². The lowest BCUT2D eigenvalue weighted by Gasteiger charge is -2.32. The molecule has 0 unspecified atom stereocenters. The van der Waals surface area contributed by atoms with Gasteiger partial charge in [0, 0.05) is 29.2 Å². The number of hydrogen-bond donors (Lipinski definition) is 2. The van der Waals surface area contributed by atoms with Crippen LogP contribution in [0.25, 0.3) is 5.52 Å². The third-order valence-electron chi connectivity index (χ3n) is 4.77. The number of anilines is 1. The van der Waals surface area contributed by atoms with E-state index in [9.17, 15) is 5.11 Å². The Hall–Kier alpha value is -1.18. The van der Waals surface area contributed by atoms with Gasteiger partial charge >= 0.3 is 0 Å². The first-order chi connectivity index (χ1) is 11.4. The molecular weight excluding hydrogens is 372 g/mol. The van der Waals surface area contributed by atoms with E-state index in [1.54, 1.807) is 7.11 Å². The first-order valence-electron chi connectivity index (χ1n) is 8.41. The Morgan fingerprint density at radius 1 is 1.50 bits per heavy atom. The molecule has 1 aliphatic rings. The second-order valence-corrected chi connectivity index (χ2v) is 7.92. The molecule has 0 saturated heterocycles. The van der Waals surface area contributed by atoms with E-state index in [-0.39, 0.29) is 6.04 Å². The third-order valence-corrected chi connectivity index (χ3v) is 5.40. The predicted octanol–water partition coefficient (Wildman–Crippen LogP) is 3.35. The molecule has 7 heteroatoms. The molecular formula is C17H25BrN4O2. The van der Waals surface area contributed by atoms with Crippen LogP contribution < -0.4 is 5.32 Å². The standard InChI is InChI=1S/C17H25BrN4O2/c1-11(10-24-3)20-16-19-9-15-13(18)8-14(22(15)21-16)12-4-6-17(2,23)7-5-12/h8-9,11-12,23H,4-7,10H2,1-3H3,(H,20,21)/t11-,12-,17-/m0/s1. The average Bonchev–Trinajstić information content (AvgIpc) is 2.84. The fraction of sp³-hybridized carbons (Fsp3) is 0.647. The maximum Gasteiger partial charge on any atom is 0.241 e. The summed E-state index contributed by atoms with van der Waals surface area (Å²) in [5.74, 6) is 1.00. The number of aliphatic hydroxyl groups is 1. The average molecular weight is 397 g/mol. The van der Waals surface area contributed by atoms with Crippen molar-refractivity contribution in [3.05, 3.63) is 22.4 Å².